The van der Waals surface area contributed by atoms with Crippen LogP contribution in [-0.4, -0.2) is 14.5 Å². The molecular weight excluding hydrogens is 267 g/mol. The van der Waals surface area contributed by atoms with Crippen molar-refractivity contribution in [1.82, 2.24) is 9.38 Å². The third kappa shape index (κ3) is 1.43. The van der Waals surface area contributed by atoms with Crippen LogP contribution in [0, 0.1) is 6.92 Å². The average molecular weight is 276 g/mol. The van der Waals surface area contributed by atoms with Gasteiger partial charge in [0.25, 0.3) is 0 Å². The lowest BCUT2D eigenvalue weighted by molar-refractivity contribution is 0.275. The molecule has 0 aliphatic rings. The molecular formula is C9H8BrClN2O. The predicted octanol–water partition coefficient (Wildman–Crippen LogP) is 2.55. The van der Waals surface area contributed by atoms with Gasteiger partial charge in [-0.2, -0.15) is 0 Å². The molecule has 0 aliphatic heterocycles. The molecule has 0 atom stereocenters. The first-order valence-electron chi connectivity index (χ1n) is 4.07. The normalized spacial score (nSPS) is 11.1. The Bertz CT molecular complexity index is 495. The number of fused-ring (bicyclic) bond motifs is 1. The molecule has 0 saturated carbocycles. The Morgan fingerprint density at radius 1 is 1.64 bits per heavy atom. The Morgan fingerprint density at radius 2 is 2.36 bits per heavy atom. The van der Waals surface area contributed by atoms with Gasteiger partial charge in [0.05, 0.1) is 27.5 Å². The summed E-state index contributed by atoms with van der Waals surface area (Å²) in [6, 6.07) is 1.78. The largest absolute Gasteiger partial charge is 0.390 e. The van der Waals surface area contributed by atoms with E-state index in [0.29, 0.717) is 5.02 Å². The lowest BCUT2D eigenvalue weighted by Gasteiger charge is -2.00. The van der Waals surface area contributed by atoms with Crippen LogP contribution in [0.2, 0.25) is 5.02 Å². The van der Waals surface area contributed by atoms with Gasteiger partial charge in [-0.25, -0.2) is 4.98 Å². The minimum atomic E-state index is -0.0419. The summed E-state index contributed by atoms with van der Waals surface area (Å²) in [6.07, 6.45) is 1.74. The molecule has 2 heterocycles. The fourth-order valence-electron chi connectivity index (χ4n) is 1.42. The van der Waals surface area contributed by atoms with E-state index in [1.54, 1.807) is 16.7 Å². The van der Waals surface area contributed by atoms with Crippen molar-refractivity contribution in [2.45, 2.75) is 13.5 Å². The SMILES string of the molecule is Cc1nc2c(Br)cc(Cl)cn2c1CO. The van der Waals surface area contributed by atoms with Crippen molar-refractivity contribution < 1.29 is 5.11 Å². The molecule has 0 unspecified atom stereocenters. The molecule has 3 nitrogen and oxygen atoms in total. The number of pyridine rings is 1. The lowest BCUT2D eigenvalue weighted by Crippen LogP contribution is -1.94. The van der Waals surface area contributed by atoms with Crippen LogP contribution in [0.1, 0.15) is 11.4 Å². The maximum atomic E-state index is 9.17. The summed E-state index contributed by atoms with van der Waals surface area (Å²) in [4.78, 5) is 4.32. The standard InChI is InChI=1S/C9H8BrClN2O/c1-5-8(4-14)13-3-6(11)2-7(10)9(13)12-5/h2-3,14H,4H2,1H3. The Labute approximate surface area is 94.5 Å². The van der Waals surface area contributed by atoms with Crippen LogP contribution >= 0.6 is 27.5 Å². The second-order valence-electron chi connectivity index (χ2n) is 3.00. The van der Waals surface area contributed by atoms with E-state index in [2.05, 4.69) is 20.9 Å². The Morgan fingerprint density at radius 3 is 3.00 bits per heavy atom. The molecule has 0 amide bonds. The zero-order chi connectivity index (χ0) is 10.3. The van der Waals surface area contributed by atoms with E-state index in [0.717, 1.165) is 21.5 Å². The first kappa shape index (κ1) is 9.96. The van der Waals surface area contributed by atoms with Crippen molar-refractivity contribution in [3.05, 3.63) is 33.1 Å². The van der Waals surface area contributed by atoms with Crippen LogP contribution in [0.15, 0.2) is 16.7 Å². The maximum absolute atomic E-state index is 9.17. The van der Waals surface area contributed by atoms with Gasteiger partial charge in [-0.3, -0.25) is 4.40 Å². The molecule has 0 bridgehead atoms. The van der Waals surface area contributed by atoms with Crippen molar-refractivity contribution in [2.75, 3.05) is 0 Å². The summed E-state index contributed by atoms with van der Waals surface area (Å²) in [5, 5.41) is 9.78. The van der Waals surface area contributed by atoms with Gasteiger partial charge in [0.2, 0.25) is 0 Å². The summed E-state index contributed by atoms with van der Waals surface area (Å²) in [7, 11) is 0. The van der Waals surface area contributed by atoms with Crippen LogP contribution in [0.4, 0.5) is 0 Å². The molecule has 1 N–H and O–H groups in total. The second-order valence-corrected chi connectivity index (χ2v) is 4.29. The molecule has 14 heavy (non-hydrogen) atoms. The second kappa shape index (κ2) is 3.53. The van der Waals surface area contributed by atoms with Gasteiger partial charge in [0.15, 0.2) is 5.65 Å². The summed E-state index contributed by atoms with van der Waals surface area (Å²) in [5.74, 6) is 0. The number of hydrogen-bond donors (Lipinski definition) is 1. The number of nitrogens with zero attached hydrogens (tertiary/aromatic N) is 2. The zero-order valence-corrected chi connectivity index (χ0v) is 9.80. The minimum absolute atomic E-state index is 0.0419. The number of imidazole rings is 1. The van der Waals surface area contributed by atoms with E-state index in [-0.39, 0.29) is 6.61 Å². The van der Waals surface area contributed by atoms with Crippen molar-refractivity contribution >= 4 is 33.2 Å². The first-order valence-corrected chi connectivity index (χ1v) is 5.24. The van der Waals surface area contributed by atoms with Crippen LogP contribution in [0.25, 0.3) is 5.65 Å². The number of aryl methyl sites for hydroxylation is 1. The zero-order valence-electron chi connectivity index (χ0n) is 7.46. The summed E-state index contributed by atoms with van der Waals surface area (Å²) in [6.45, 7) is 1.82. The average Bonchev–Trinajstić information content (AvgIpc) is 2.41. The van der Waals surface area contributed by atoms with Crippen molar-refractivity contribution in [3.63, 3.8) is 0 Å². The summed E-state index contributed by atoms with van der Waals surface area (Å²) in [5.41, 5.74) is 2.36. The van der Waals surface area contributed by atoms with E-state index in [9.17, 15) is 0 Å². The monoisotopic (exact) mass is 274 g/mol. The highest BCUT2D eigenvalue weighted by Gasteiger charge is 2.10. The molecule has 2 aromatic rings. The van der Waals surface area contributed by atoms with E-state index in [4.69, 9.17) is 16.7 Å². The Kier molecular flexibility index (Phi) is 2.51. The quantitative estimate of drug-likeness (QED) is 0.868. The molecule has 2 rings (SSSR count). The highest BCUT2D eigenvalue weighted by Crippen LogP contribution is 2.24. The summed E-state index contributed by atoms with van der Waals surface area (Å²) < 4.78 is 2.62. The minimum Gasteiger partial charge on any atom is -0.390 e. The maximum Gasteiger partial charge on any atom is 0.151 e. The Hall–Kier alpha value is -0.580. The molecule has 2 aromatic heterocycles. The fraction of sp³-hybridized carbons (Fsp3) is 0.222. The number of aliphatic hydroxyl groups excluding tert-OH is 1. The number of rotatable bonds is 1. The highest BCUT2D eigenvalue weighted by atomic mass is 79.9. The van der Waals surface area contributed by atoms with Crippen LogP contribution < -0.4 is 0 Å². The van der Waals surface area contributed by atoms with Crippen molar-refractivity contribution in [3.8, 4) is 0 Å². The molecule has 74 valence electrons. The van der Waals surface area contributed by atoms with Gasteiger partial charge in [0.1, 0.15) is 0 Å². The van der Waals surface area contributed by atoms with Gasteiger partial charge in [0, 0.05) is 6.20 Å². The molecule has 0 spiro atoms. The van der Waals surface area contributed by atoms with Gasteiger partial charge in [-0.15, -0.1) is 0 Å². The van der Waals surface area contributed by atoms with E-state index in [1.807, 2.05) is 6.92 Å². The molecule has 0 radical (unpaired) electrons. The van der Waals surface area contributed by atoms with Crippen molar-refractivity contribution in [2.24, 2.45) is 0 Å². The first-order chi connectivity index (χ1) is 6.63. The van der Waals surface area contributed by atoms with Gasteiger partial charge in [-0.1, -0.05) is 11.6 Å². The van der Waals surface area contributed by atoms with Crippen LogP contribution in [0.5, 0.6) is 0 Å². The molecule has 0 saturated heterocycles. The van der Waals surface area contributed by atoms with Crippen LogP contribution in [0.3, 0.4) is 0 Å². The molecule has 0 aromatic carbocycles. The number of hydrogen-bond acceptors (Lipinski definition) is 2. The fourth-order valence-corrected chi connectivity index (χ4v) is 2.29. The predicted molar refractivity (Wildman–Crippen MR) is 58.6 cm³/mol. The number of halogens is 2. The van der Waals surface area contributed by atoms with Crippen molar-refractivity contribution in [1.29, 1.82) is 0 Å². The molecule has 0 fully saturated rings. The van der Waals surface area contributed by atoms with Gasteiger partial charge >= 0.3 is 0 Å². The third-order valence-corrected chi connectivity index (χ3v) is 2.88. The third-order valence-electron chi connectivity index (χ3n) is 2.09. The molecule has 0 aliphatic carbocycles. The lowest BCUT2D eigenvalue weighted by atomic mass is 10.3. The van der Waals surface area contributed by atoms with Crippen LogP contribution in [-0.2, 0) is 6.61 Å². The Balaban J connectivity index is 2.87. The van der Waals surface area contributed by atoms with Gasteiger partial charge < -0.3 is 5.11 Å². The number of aromatic nitrogens is 2. The molecule has 5 heteroatoms. The highest BCUT2D eigenvalue weighted by molar-refractivity contribution is 9.10. The topological polar surface area (TPSA) is 37.5 Å². The number of aliphatic hydroxyl groups is 1. The summed E-state index contributed by atoms with van der Waals surface area (Å²) >= 11 is 9.28. The smallest absolute Gasteiger partial charge is 0.151 e. The van der Waals surface area contributed by atoms with E-state index < -0.39 is 0 Å². The van der Waals surface area contributed by atoms with E-state index in [1.165, 1.54) is 0 Å². The van der Waals surface area contributed by atoms with Gasteiger partial charge in [-0.05, 0) is 28.9 Å². The van der Waals surface area contributed by atoms with E-state index >= 15 is 0 Å².